The van der Waals surface area contributed by atoms with Gasteiger partial charge in [-0.2, -0.15) is 13.6 Å². The average Bonchev–Trinajstić information content (AvgIpc) is 1.33. The maximum atomic E-state index is 15.1. The highest BCUT2D eigenvalue weighted by Crippen LogP contribution is 2.66. The minimum atomic E-state index is -5.93. The van der Waals surface area contributed by atoms with E-state index in [2.05, 4.69) is 116 Å². The molecule has 1 saturated heterocycles. The number of benzene rings is 3. The van der Waals surface area contributed by atoms with Gasteiger partial charge in [-0.05, 0) is 77.3 Å². The molecular weight excluding hydrogens is 1310 g/mol. The number of nitrogens with one attached hydrogen (secondary N) is 3. The first-order valence-electron chi connectivity index (χ1n) is 27.5. The number of amides is 3. The Kier molecular flexibility index (Phi) is 19.3. The van der Waals surface area contributed by atoms with Gasteiger partial charge in [-0.1, -0.05) is 52.5 Å². The van der Waals surface area contributed by atoms with E-state index >= 15 is 4.79 Å². The SMILES string of the molecule is CCN1c2cc3c(cc2C(C)=CC1(C)C)C(c1c(Cl)c(Cl)c(Cl)c(Cl)c1C(=O)N(C)CCCC(=O)NCCNC(=O)O[C@@H]1[C@H](O)[C@@H](COP(=O)(O)OP(=O)(O)OP(=O)(O)O)O[C@H]1n1cnc2c(=O)[nH]c(N)nc21)=c1cc2c(cc1O3)=[N+](CC)C(C)(C)C=C2C. The fourth-order valence-electron chi connectivity index (χ4n) is 11.7. The molecule has 0 aliphatic carbocycles. The first-order chi connectivity index (χ1) is 41.5. The summed E-state index contributed by atoms with van der Waals surface area (Å²) in [6.45, 7) is 16.7. The predicted molar refractivity (Wildman–Crippen MR) is 330 cm³/mol. The number of allylic oxidation sites excluding steroid dienone is 2. The highest BCUT2D eigenvalue weighted by Gasteiger charge is 2.50. The van der Waals surface area contributed by atoms with Crippen molar-refractivity contribution in [3.05, 3.63) is 112 Å². The molecule has 1 fully saturated rings. The van der Waals surface area contributed by atoms with Gasteiger partial charge >= 0.3 is 29.6 Å². The number of fused-ring (bicyclic) bond motifs is 5. The van der Waals surface area contributed by atoms with Crippen LogP contribution in [-0.2, 0) is 41.1 Å². The molecule has 28 nitrogen and oxygen atoms in total. The number of hydrogen-bond acceptors (Lipinski definition) is 18. The Hall–Kier alpha value is -5.74. The molecule has 0 spiro atoms. The number of phosphoric ester groups is 1. The number of phosphoric acid groups is 3. The second-order valence-corrected chi connectivity index (χ2v) is 28.3. The molecule has 480 valence electrons. The van der Waals surface area contributed by atoms with Crippen molar-refractivity contribution in [2.75, 3.05) is 57.0 Å². The van der Waals surface area contributed by atoms with E-state index in [1.165, 1.54) is 11.9 Å². The number of aliphatic hydroxyl groups is 1. The van der Waals surface area contributed by atoms with E-state index in [-0.39, 0.29) is 91.9 Å². The molecular formula is C54H64Cl4N10O18P3+. The minimum Gasteiger partial charge on any atom is -0.456 e. The molecule has 10 N–H and O–H groups in total. The van der Waals surface area contributed by atoms with Gasteiger partial charge in [0, 0.05) is 98.3 Å². The van der Waals surface area contributed by atoms with Gasteiger partial charge in [0.15, 0.2) is 29.0 Å². The molecule has 6 heterocycles. The summed E-state index contributed by atoms with van der Waals surface area (Å²) < 4.78 is 69.2. The normalized spacial score (nSPS) is 20.4. The fraction of sp³-hybridized carbons (Fsp3) is 0.426. The van der Waals surface area contributed by atoms with E-state index < -0.39 is 78.1 Å². The Morgan fingerprint density at radius 1 is 0.888 bits per heavy atom. The molecule has 2 unspecified atom stereocenters. The molecule has 4 aliphatic rings. The molecule has 6 atom stereocenters. The number of alkyl carbamates (subject to hydrolysis) is 1. The van der Waals surface area contributed by atoms with Crippen LogP contribution in [0.4, 0.5) is 16.4 Å². The lowest BCUT2D eigenvalue weighted by atomic mass is 9.83. The number of rotatable bonds is 20. The number of nitrogens with two attached hydrogens (primary N) is 1. The standard InChI is InChI=1S/C54H63Cl4N10O18P3/c1-10-67-31-19-33-29(17-27(31)25(3)21-53(67,5)6)37(30-18-28-26(4)22-54(7,8)68(11-2)32(28)20-34(30)82-33)38-39(41(56)43(58)42(57)40(38)55)49(72)65(9)16-12-13-36(69)60-14-15-61-52(73)84-46-45(70)35(23-81-88(77,78)86-89(79,80)85-87(74,75)76)83-50(46)66-24-62-44-47(66)63-51(59)64-48(44)71/h17-22,24,35,45-46,50,70H,10-16,23H2,1-9H3,(H8-,59,60,61,63,64,69,71,73,74,75,76,77,78,79,80)/p+1/t35-,45-,46-,50-/m1/s1. The number of imidazole rings is 1. The Bertz CT molecular complexity index is 4190. The number of nitrogens with zero attached hydrogens (tertiary/aromatic N) is 6. The number of carbonyl (C=O) groups excluding carboxylic acids is 3. The van der Waals surface area contributed by atoms with E-state index in [0.29, 0.717) is 40.9 Å². The summed E-state index contributed by atoms with van der Waals surface area (Å²) >= 11 is 28.3. The third-order valence-electron chi connectivity index (χ3n) is 15.3. The third kappa shape index (κ3) is 13.8. The van der Waals surface area contributed by atoms with Crippen molar-refractivity contribution >= 4 is 127 Å². The van der Waals surface area contributed by atoms with Crippen molar-refractivity contribution in [3.8, 4) is 11.5 Å². The van der Waals surface area contributed by atoms with E-state index in [0.717, 1.165) is 44.2 Å². The van der Waals surface area contributed by atoms with Crippen LogP contribution in [-0.4, -0.2) is 143 Å². The number of carbonyl (C=O) groups is 3. The zero-order chi connectivity index (χ0) is 65.4. The van der Waals surface area contributed by atoms with Gasteiger partial charge in [-0.15, -0.1) is 0 Å². The lowest BCUT2D eigenvalue weighted by Gasteiger charge is -2.43. The number of aliphatic hydroxyl groups excluding tert-OH is 1. The van der Waals surface area contributed by atoms with Crippen LogP contribution >= 0.6 is 69.9 Å². The number of anilines is 2. The van der Waals surface area contributed by atoms with Crippen LogP contribution in [0.5, 0.6) is 11.5 Å². The maximum Gasteiger partial charge on any atom is 0.490 e. The predicted octanol–water partition coefficient (Wildman–Crippen LogP) is 6.76. The first-order valence-corrected chi connectivity index (χ1v) is 33.6. The van der Waals surface area contributed by atoms with Crippen molar-refractivity contribution in [1.29, 1.82) is 0 Å². The average molecular weight is 1380 g/mol. The van der Waals surface area contributed by atoms with Gasteiger partial charge in [0.05, 0.1) is 50.2 Å². The number of H-pyrrole nitrogens is 1. The van der Waals surface area contributed by atoms with Crippen LogP contribution in [0.1, 0.15) is 107 Å². The Labute approximate surface area is 528 Å². The zero-order valence-electron chi connectivity index (χ0n) is 49.2. The first kappa shape index (κ1) is 67.6. The molecule has 35 heteroatoms. The Morgan fingerprint density at radius 2 is 1.56 bits per heavy atom. The van der Waals surface area contributed by atoms with Crippen LogP contribution in [0.25, 0.3) is 27.9 Å². The van der Waals surface area contributed by atoms with E-state index in [4.69, 9.17) is 76.1 Å². The van der Waals surface area contributed by atoms with Crippen LogP contribution in [0.2, 0.25) is 20.1 Å². The smallest absolute Gasteiger partial charge is 0.456 e. The molecule has 2 aromatic heterocycles. The highest BCUT2D eigenvalue weighted by atomic mass is 35.5. The number of aromatic nitrogens is 4. The molecule has 3 amide bonds. The number of hydrogen-bond donors (Lipinski definition) is 9. The summed E-state index contributed by atoms with van der Waals surface area (Å²) in [4.78, 5) is 105. The number of ether oxygens (including phenoxy) is 3. The molecule has 89 heavy (non-hydrogen) atoms. The van der Waals surface area contributed by atoms with Gasteiger partial charge < -0.3 is 65.1 Å². The van der Waals surface area contributed by atoms with Gasteiger partial charge in [0.25, 0.3) is 11.5 Å². The summed E-state index contributed by atoms with van der Waals surface area (Å²) in [7, 11) is -15.8. The van der Waals surface area contributed by atoms with Gasteiger partial charge in [0.2, 0.25) is 17.2 Å². The van der Waals surface area contributed by atoms with E-state index in [1.807, 2.05) is 24.3 Å². The van der Waals surface area contributed by atoms with Crippen LogP contribution in [0.15, 0.2) is 47.5 Å². The summed E-state index contributed by atoms with van der Waals surface area (Å²) in [6.07, 6.45) is -2.88. The topological polar surface area (TPSA) is 382 Å². The monoisotopic (exact) mass is 1370 g/mol. The Morgan fingerprint density at radius 3 is 2.24 bits per heavy atom. The van der Waals surface area contributed by atoms with Gasteiger partial charge in [0.1, 0.15) is 30.3 Å². The van der Waals surface area contributed by atoms with Crippen molar-refractivity contribution in [2.24, 2.45) is 0 Å². The second kappa shape index (κ2) is 25.4. The highest BCUT2D eigenvalue weighted by molar-refractivity contribution is 7.66. The summed E-state index contributed by atoms with van der Waals surface area (Å²) in [5.74, 6) is -0.424. The van der Waals surface area contributed by atoms with Crippen molar-refractivity contribution in [1.82, 2.24) is 39.6 Å². The van der Waals surface area contributed by atoms with Crippen LogP contribution in [0, 0.1) is 0 Å². The second-order valence-electron chi connectivity index (χ2n) is 22.4. The van der Waals surface area contributed by atoms with Crippen LogP contribution in [0.3, 0.4) is 0 Å². The number of aromatic amines is 1. The molecule has 0 radical (unpaired) electrons. The lowest BCUT2D eigenvalue weighted by molar-refractivity contribution is -0.121. The van der Waals surface area contributed by atoms with Crippen molar-refractivity contribution < 1.29 is 80.1 Å². The summed E-state index contributed by atoms with van der Waals surface area (Å²) in [6, 6.07) is 8.13. The molecule has 0 bridgehead atoms. The molecule has 3 aromatic carbocycles. The summed E-state index contributed by atoms with van der Waals surface area (Å²) in [5, 5.41) is 17.6. The molecule has 4 aliphatic heterocycles. The Balaban J connectivity index is 0.909. The fourth-order valence-corrected chi connectivity index (χ4v) is 15.8. The zero-order valence-corrected chi connectivity index (χ0v) is 54.9. The quantitative estimate of drug-likeness (QED) is 0.0125. The van der Waals surface area contributed by atoms with Crippen molar-refractivity contribution in [2.45, 2.75) is 104 Å². The van der Waals surface area contributed by atoms with Crippen molar-refractivity contribution in [3.63, 3.8) is 0 Å². The lowest BCUT2D eigenvalue weighted by Crippen LogP contribution is -2.49. The van der Waals surface area contributed by atoms with Gasteiger partial charge in [-0.3, -0.25) is 28.5 Å². The molecule has 0 saturated carbocycles. The number of halogens is 4. The molecule has 9 rings (SSSR count). The van der Waals surface area contributed by atoms with Gasteiger partial charge in [-0.25, -0.2) is 28.0 Å². The van der Waals surface area contributed by atoms with Crippen LogP contribution < -0.4 is 46.7 Å². The minimum absolute atomic E-state index is 0.0220. The number of nitrogen functional groups attached to an aromatic ring is 1. The summed E-state index contributed by atoms with van der Waals surface area (Å²) in [5.41, 5.74) is 10.0. The molecule has 5 aromatic rings. The van der Waals surface area contributed by atoms with E-state index in [9.17, 15) is 43.0 Å². The number of likely N-dealkylation sites (N-methyl/N-ethyl adjacent to an activating group) is 2. The third-order valence-corrected chi connectivity index (χ3v) is 20.9. The maximum absolute atomic E-state index is 15.1. The largest absolute Gasteiger partial charge is 0.490 e. The van der Waals surface area contributed by atoms with E-state index in [1.54, 1.807) is 0 Å².